The molecule has 1 aromatic rings. The molecule has 2 N–H and O–H groups in total. The molecule has 0 saturated carbocycles. The molecule has 11 heteroatoms. The lowest BCUT2D eigenvalue weighted by molar-refractivity contribution is -0.160. The molecule has 0 atom stereocenters. The van der Waals surface area contributed by atoms with Gasteiger partial charge in [-0.2, -0.15) is 0 Å². The van der Waals surface area contributed by atoms with Crippen molar-refractivity contribution in [2.24, 2.45) is 0 Å². The number of likely N-dealkylation sites (N-methyl/N-ethyl adjacent to an activating group) is 1. The van der Waals surface area contributed by atoms with Crippen LogP contribution in [0.2, 0.25) is 0 Å². The summed E-state index contributed by atoms with van der Waals surface area (Å²) in [4.78, 5) is 45.7. The summed E-state index contributed by atoms with van der Waals surface area (Å²) in [6, 6.07) is 5.40. The normalized spacial score (nSPS) is 9.80. The highest BCUT2D eigenvalue weighted by molar-refractivity contribution is 6.32. The highest BCUT2D eigenvalue weighted by Crippen LogP contribution is 2.28. The van der Waals surface area contributed by atoms with Gasteiger partial charge in [0.05, 0.1) is 20.8 Å². The van der Waals surface area contributed by atoms with E-state index in [9.17, 15) is 9.59 Å². The molecule has 0 aliphatic heterocycles. The Kier molecular flexibility index (Phi) is 12.2. The van der Waals surface area contributed by atoms with Gasteiger partial charge < -0.3 is 34.2 Å². The zero-order chi connectivity index (χ0) is 23.3. The summed E-state index contributed by atoms with van der Waals surface area (Å²) in [5.74, 6) is -3.95. The third-order valence-corrected chi connectivity index (χ3v) is 3.56. The van der Waals surface area contributed by atoms with Crippen LogP contribution < -0.4 is 9.47 Å². The summed E-state index contributed by atoms with van der Waals surface area (Å²) >= 11 is 0. The summed E-state index contributed by atoms with van der Waals surface area (Å²) in [6.45, 7) is 3.18. The third-order valence-electron chi connectivity index (χ3n) is 3.56. The highest BCUT2D eigenvalue weighted by atomic mass is 16.5. The molecule has 0 spiro atoms. The molecule has 11 nitrogen and oxygen atoms in total. The first-order valence-electron chi connectivity index (χ1n) is 8.85. The lowest BCUT2D eigenvalue weighted by Crippen LogP contribution is -2.40. The van der Waals surface area contributed by atoms with E-state index >= 15 is 0 Å². The Morgan fingerprint density at radius 1 is 0.933 bits per heavy atom. The Morgan fingerprint density at radius 3 is 1.93 bits per heavy atom. The predicted octanol–water partition coefficient (Wildman–Crippen LogP) is 0.313. The number of amides is 1. The number of carboxylic acids is 2. The number of aliphatic carboxylic acids is 2. The van der Waals surface area contributed by atoms with Crippen LogP contribution >= 0.6 is 0 Å². The van der Waals surface area contributed by atoms with E-state index in [-0.39, 0.29) is 13.2 Å². The lowest BCUT2D eigenvalue weighted by Gasteiger charge is -2.24. The zero-order valence-corrected chi connectivity index (χ0v) is 17.7. The van der Waals surface area contributed by atoms with Gasteiger partial charge in [-0.15, -0.1) is 0 Å². The van der Waals surface area contributed by atoms with Crippen molar-refractivity contribution in [2.45, 2.75) is 13.5 Å². The van der Waals surface area contributed by atoms with Gasteiger partial charge in [0.15, 0.2) is 11.5 Å². The van der Waals surface area contributed by atoms with Crippen molar-refractivity contribution < 1.29 is 43.6 Å². The molecule has 30 heavy (non-hydrogen) atoms. The molecule has 0 heterocycles. The van der Waals surface area contributed by atoms with Crippen molar-refractivity contribution in [3.05, 3.63) is 23.8 Å². The van der Waals surface area contributed by atoms with Gasteiger partial charge in [-0.05, 0) is 38.7 Å². The summed E-state index contributed by atoms with van der Waals surface area (Å²) in [5.41, 5.74) is 0.837. The standard InChI is InChI=1S/C17H26N2O5.C2H2O4/c1-6-24-17(21)16(20)19(10-9-18(2)3)12-13-7-8-14(22-4)15(11-13)23-5;3-1(4)2(5)6/h7-8,11H,6,9-10,12H2,1-5H3;(H,3,4)(H,5,6). The number of hydrogen-bond donors (Lipinski definition) is 2. The van der Waals surface area contributed by atoms with Crippen molar-refractivity contribution in [1.82, 2.24) is 9.80 Å². The Labute approximate surface area is 174 Å². The fourth-order valence-corrected chi connectivity index (χ4v) is 2.09. The van der Waals surface area contributed by atoms with E-state index in [4.69, 9.17) is 34.0 Å². The van der Waals surface area contributed by atoms with Crippen LogP contribution in [0, 0.1) is 0 Å². The maximum absolute atomic E-state index is 12.3. The number of carbonyl (C=O) groups excluding carboxylic acids is 2. The second-order valence-electron chi connectivity index (χ2n) is 6.05. The Hall–Kier alpha value is -3.34. The quantitative estimate of drug-likeness (QED) is 0.439. The van der Waals surface area contributed by atoms with Crippen LogP contribution in [-0.4, -0.2) is 91.8 Å². The van der Waals surface area contributed by atoms with Crippen LogP contribution in [-0.2, 0) is 30.5 Å². The average molecular weight is 428 g/mol. The van der Waals surface area contributed by atoms with E-state index < -0.39 is 23.8 Å². The minimum Gasteiger partial charge on any atom is -0.493 e. The number of carbonyl (C=O) groups is 4. The summed E-state index contributed by atoms with van der Waals surface area (Å²) < 4.78 is 15.3. The van der Waals surface area contributed by atoms with E-state index in [1.54, 1.807) is 33.3 Å². The molecule has 168 valence electrons. The number of hydrogen-bond acceptors (Lipinski definition) is 8. The van der Waals surface area contributed by atoms with Crippen LogP contribution in [0.25, 0.3) is 0 Å². The number of ether oxygens (including phenoxy) is 3. The van der Waals surface area contributed by atoms with Gasteiger partial charge >= 0.3 is 23.8 Å². The number of esters is 1. The SMILES string of the molecule is CCOC(=O)C(=O)N(CCN(C)C)Cc1ccc(OC)c(OC)c1.O=C(O)C(=O)O. The van der Waals surface area contributed by atoms with Crippen molar-refractivity contribution in [3.8, 4) is 11.5 Å². The maximum Gasteiger partial charge on any atom is 0.414 e. The Balaban J connectivity index is 0.00000122. The Bertz CT molecular complexity index is 723. The van der Waals surface area contributed by atoms with Gasteiger partial charge in [-0.1, -0.05) is 6.07 Å². The molecular weight excluding hydrogens is 400 g/mol. The molecule has 1 rings (SSSR count). The first-order valence-corrected chi connectivity index (χ1v) is 8.85. The molecule has 0 unspecified atom stereocenters. The minimum absolute atomic E-state index is 0.169. The van der Waals surface area contributed by atoms with Gasteiger partial charge in [0.25, 0.3) is 0 Å². The van der Waals surface area contributed by atoms with Crippen molar-refractivity contribution in [2.75, 3.05) is 48.0 Å². The number of benzene rings is 1. The third kappa shape index (κ3) is 9.73. The first-order chi connectivity index (χ1) is 14.1. The summed E-state index contributed by atoms with van der Waals surface area (Å²) in [6.07, 6.45) is 0. The van der Waals surface area contributed by atoms with Crippen LogP contribution in [0.15, 0.2) is 18.2 Å². The number of carboxylic acid groups (broad SMARTS) is 2. The smallest absolute Gasteiger partial charge is 0.414 e. The van der Waals surface area contributed by atoms with Crippen LogP contribution in [0.3, 0.4) is 0 Å². The summed E-state index contributed by atoms with van der Waals surface area (Å²) in [5, 5.41) is 14.8. The van der Waals surface area contributed by atoms with Gasteiger partial charge in [-0.3, -0.25) is 4.79 Å². The van der Waals surface area contributed by atoms with Crippen LogP contribution in [0.5, 0.6) is 11.5 Å². The van der Waals surface area contributed by atoms with E-state index in [0.29, 0.717) is 24.6 Å². The molecule has 0 aromatic heterocycles. The molecule has 1 amide bonds. The lowest BCUT2D eigenvalue weighted by atomic mass is 10.2. The van der Waals surface area contributed by atoms with E-state index in [1.807, 2.05) is 25.1 Å². The molecular formula is C19H28N2O9. The second kappa shape index (κ2) is 13.8. The van der Waals surface area contributed by atoms with Crippen LogP contribution in [0.4, 0.5) is 0 Å². The van der Waals surface area contributed by atoms with Crippen molar-refractivity contribution >= 4 is 23.8 Å². The Morgan fingerprint density at radius 2 is 1.50 bits per heavy atom. The van der Waals surface area contributed by atoms with E-state index in [1.165, 1.54) is 4.90 Å². The maximum atomic E-state index is 12.3. The fourth-order valence-electron chi connectivity index (χ4n) is 2.09. The van der Waals surface area contributed by atoms with Gasteiger partial charge in [0.1, 0.15) is 0 Å². The molecule has 1 aromatic carbocycles. The number of nitrogens with zero attached hydrogens (tertiary/aromatic N) is 2. The number of rotatable bonds is 8. The second-order valence-corrected chi connectivity index (χ2v) is 6.05. The molecule has 0 radical (unpaired) electrons. The highest BCUT2D eigenvalue weighted by Gasteiger charge is 2.23. The van der Waals surface area contributed by atoms with Gasteiger partial charge in [0, 0.05) is 19.6 Å². The van der Waals surface area contributed by atoms with E-state index in [2.05, 4.69) is 0 Å². The molecule has 0 aliphatic rings. The monoisotopic (exact) mass is 428 g/mol. The van der Waals surface area contributed by atoms with Crippen molar-refractivity contribution in [3.63, 3.8) is 0 Å². The zero-order valence-electron chi connectivity index (χ0n) is 17.7. The average Bonchev–Trinajstić information content (AvgIpc) is 2.70. The minimum atomic E-state index is -1.82. The molecule has 0 fully saturated rings. The largest absolute Gasteiger partial charge is 0.493 e. The fraction of sp³-hybridized carbons (Fsp3) is 0.474. The molecule has 0 aliphatic carbocycles. The molecule has 0 bridgehead atoms. The van der Waals surface area contributed by atoms with E-state index in [0.717, 1.165) is 5.56 Å². The number of methoxy groups -OCH3 is 2. The predicted molar refractivity (Wildman–Crippen MR) is 105 cm³/mol. The summed E-state index contributed by atoms with van der Waals surface area (Å²) in [7, 11) is 6.92. The van der Waals surface area contributed by atoms with Crippen molar-refractivity contribution in [1.29, 1.82) is 0 Å². The first kappa shape index (κ1) is 26.7. The topological polar surface area (TPSA) is 143 Å². The van der Waals surface area contributed by atoms with Gasteiger partial charge in [0.2, 0.25) is 0 Å². The van der Waals surface area contributed by atoms with Crippen LogP contribution in [0.1, 0.15) is 12.5 Å². The van der Waals surface area contributed by atoms with Gasteiger partial charge in [-0.25, -0.2) is 14.4 Å². The molecule has 0 saturated heterocycles.